The summed E-state index contributed by atoms with van der Waals surface area (Å²) in [7, 11) is 0. The van der Waals surface area contributed by atoms with E-state index in [9.17, 15) is 4.79 Å². The van der Waals surface area contributed by atoms with Gasteiger partial charge in [-0.2, -0.15) is 0 Å². The lowest BCUT2D eigenvalue weighted by Crippen LogP contribution is -2.45. The van der Waals surface area contributed by atoms with E-state index in [0.29, 0.717) is 0 Å². The van der Waals surface area contributed by atoms with E-state index in [0.717, 1.165) is 24.9 Å². The minimum Gasteiger partial charge on any atom is -0.352 e. The van der Waals surface area contributed by atoms with Gasteiger partial charge in [-0.3, -0.25) is 4.79 Å². The Morgan fingerprint density at radius 3 is 2.23 bits per heavy atom. The molecule has 1 fully saturated rings. The predicted molar refractivity (Wildman–Crippen MR) is 90.5 cm³/mol. The third-order valence-electron chi connectivity index (χ3n) is 4.52. The molecule has 0 unspecified atom stereocenters. The van der Waals surface area contributed by atoms with Crippen LogP contribution in [-0.2, 0) is 10.2 Å². The zero-order chi connectivity index (χ0) is 15.3. The van der Waals surface area contributed by atoms with Gasteiger partial charge in [-0.25, -0.2) is 0 Å². The van der Waals surface area contributed by atoms with Crippen molar-refractivity contribution in [2.24, 2.45) is 0 Å². The Morgan fingerprint density at radius 1 is 1.00 bits per heavy atom. The Morgan fingerprint density at radius 2 is 1.64 bits per heavy atom. The maximum atomic E-state index is 12.0. The molecule has 2 heteroatoms. The number of benzene rings is 2. The second-order valence-electron chi connectivity index (χ2n) is 5.96. The Hall–Kier alpha value is -2.35. The van der Waals surface area contributed by atoms with E-state index in [2.05, 4.69) is 29.6 Å². The van der Waals surface area contributed by atoms with Gasteiger partial charge in [0, 0.05) is 18.0 Å². The SMILES string of the molecule is O=C(/C=C/c1ccccc1)NCC1(c2ccccc2)CCC1. The fraction of sp³-hybridized carbons (Fsp3) is 0.250. The topological polar surface area (TPSA) is 29.1 Å². The highest BCUT2D eigenvalue weighted by Gasteiger charge is 2.38. The van der Waals surface area contributed by atoms with Crippen LogP contribution in [0.4, 0.5) is 0 Å². The molecule has 0 aromatic heterocycles. The summed E-state index contributed by atoms with van der Waals surface area (Å²) < 4.78 is 0. The molecular formula is C20H21NO. The molecule has 0 saturated heterocycles. The smallest absolute Gasteiger partial charge is 0.244 e. The maximum Gasteiger partial charge on any atom is 0.244 e. The molecule has 0 atom stereocenters. The van der Waals surface area contributed by atoms with Crippen molar-refractivity contribution in [2.75, 3.05) is 6.54 Å². The van der Waals surface area contributed by atoms with Crippen LogP contribution >= 0.6 is 0 Å². The summed E-state index contributed by atoms with van der Waals surface area (Å²) >= 11 is 0. The van der Waals surface area contributed by atoms with Gasteiger partial charge in [0.05, 0.1) is 0 Å². The molecule has 0 spiro atoms. The molecule has 0 heterocycles. The monoisotopic (exact) mass is 291 g/mol. The average molecular weight is 291 g/mol. The highest BCUT2D eigenvalue weighted by atomic mass is 16.1. The van der Waals surface area contributed by atoms with Gasteiger partial charge in [0.1, 0.15) is 0 Å². The third-order valence-corrected chi connectivity index (χ3v) is 4.52. The number of carbonyl (C=O) groups excluding carboxylic acids is 1. The Kier molecular flexibility index (Phi) is 4.38. The van der Waals surface area contributed by atoms with Gasteiger partial charge >= 0.3 is 0 Å². The summed E-state index contributed by atoms with van der Waals surface area (Å²) in [6.45, 7) is 0.717. The van der Waals surface area contributed by atoms with Gasteiger partial charge in [0.2, 0.25) is 5.91 Å². The number of hydrogen-bond donors (Lipinski definition) is 1. The summed E-state index contributed by atoms with van der Waals surface area (Å²) in [6.07, 6.45) is 7.02. The van der Waals surface area contributed by atoms with Crippen molar-refractivity contribution >= 4 is 12.0 Å². The normalized spacial score (nSPS) is 16.2. The summed E-state index contributed by atoms with van der Waals surface area (Å²) in [5, 5.41) is 3.07. The Bertz CT molecular complexity index is 642. The zero-order valence-corrected chi connectivity index (χ0v) is 12.7. The van der Waals surface area contributed by atoms with Crippen molar-refractivity contribution in [1.29, 1.82) is 0 Å². The number of carbonyl (C=O) groups is 1. The number of hydrogen-bond acceptors (Lipinski definition) is 1. The predicted octanol–water partition coefficient (Wildman–Crippen LogP) is 3.94. The molecule has 0 aliphatic heterocycles. The Labute approximate surface area is 131 Å². The fourth-order valence-electron chi connectivity index (χ4n) is 3.01. The molecule has 3 rings (SSSR count). The van der Waals surface area contributed by atoms with Crippen molar-refractivity contribution in [3.8, 4) is 0 Å². The zero-order valence-electron chi connectivity index (χ0n) is 12.7. The maximum absolute atomic E-state index is 12.0. The van der Waals surface area contributed by atoms with Crippen molar-refractivity contribution in [3.63, 3.8) is 0 Å². The van der Waals surface area contributed by atoms with Crippen molar-refractivity contribution in [3.05, 3.63) is 77.9 Å². The molecule has 1 saturated carbocycles. The molecule has 0 radical (unpaired) electrons. The second-order valence-corrected chi connectivity index (χ2v) is 5.96. The lowest BCUT2D eigenvalue weighted by atomic mass is 9.64. The van der Waals surface area contributed by atoms with Crippen LogP contribution < -0.4 is 5.32 Å². The molecule has 22 heavy (non-hydrogen) atoms. The molecule has 1 N–H and O–H groups in total. The Balaban J connectivity index is 1.59. The average Bonchev–Trinajstić information content (AvgIpc) is 2.54. The van der Waals surface area contributed by atoms with Gasteiger partial charge in [0.15, 0.2) is 0 Å². The van der Waals surface area contributed by atoms with Crippen LogP contribution in [0.25, 0.3) is 6.08 Å². The number of rotatable bonds is 5. The summed E-state index contributed by atoms with van der Waals surface area (Å²) in [6, 6.07) is 20.4. The van der Waals surface area contributed by atoms with E-state index in [1.165, 1.54) is 12.0 Å². The van der Waals surface area contributed by atoms with Crippen molar-refractivity contribution in [2.45, 2.75) is 24.7 Å². The largest absolute Gasteiger partial charge is 0.352 e. The van der Waals surface area contributed by atoms with Crippen molar-refractivity contribution < 1.29 is 4.79 Å². The number of nitrogens with one attached hydrogen (secondary N) is 1. The summed E-state index contributed by atoms with van der Waals surface area (Å²) in [5.74, 6) is -0.0222. The highest BCUT2D eigenvalue weighted by molar-refractivity contribution is 5.91. The minimum atomic E-state index is -0.0222. The van der Waals surface area contributed by atoms with Crippen LogP contribution in [-0.4, -0.2) is 12.5 Å². The molecule has 2 aromatic rings. The van der Waals surface area contributed by atoms with Crippen LogP contribution in [0.1, 0.15) is 30.4 Å². The van der Waals surface area contributed by atoms with E-state index in [4.69, 9.17) is 0 Å². The minimum absolute atomic E-state index is 0.0222. The van der Waals surface area contributed by atoms with Crippen LogP contribution in [0.15, 0.2) is 66.7 Å². The van der Waals surface area contributed by atoms with E-state index >= 15 is 0 Å². The van der Waals surface area contributed by atoms with Gasteiger partial charge in [-0.05, 0) is 30.0 Å². The van der Waals surface area contributed by atoms with E-state index < -0.39 is 0 Å². The quantitative estimate of drug-likeness (QED) is 0.831. The first-order chi connectivity index (χ1) is 10.8. The van der Waals surface area contributed by atoms with E-state index in [1.807, 2.05) is 42.5 Å². The molecular weight excluding hydrogens is 270 g/mol. The molecule has 2 aromatic carbocycles. The van der Waals surface area contributed by atoms with Gasteiger partial charge in [0.25, 0.3) is 0 Å². The van der Waals surface area contributed by atoms with E-state index in [-0.39, 0.29) is 11.3 Å². The van der Waals surface area contributed by atoms with E-state index in [1.54, 1.807) is 6.08 Å². The first-order valence-corrected chi connectivity index (χ1v) is 7.85. The molecule has 1 aliphatic carbocycles. The first kappa shape index (κ1) is 14.6. The van der Waals surface area contributed by atoms with Crippen molar-refractivity contribution in [1.82, 2.24) is 5.32 Å². The number of amides is 1. The van der Waals surface area contributed by atoms with Crippen LogP contribution in [0.3, 0.4) is 0 Å². The standard InChI is InChI=1S/C20H21NO/c22-19(13-12-17-8-3-1-4-9-17)21-16-20(14-7-15-20)18-10-5-2-6-11-18/h1-6,8-13H,7,14-16H2,(H,21,22)/b13-12+. The molecule has 1 aliphatic rings. The van der Waals surface area contributed by atoms with Gasteiger partial charge in [-0.15, -0.1) is 0 Å². The summed E-state index contributed by atoms with van der Waals surface area (Å²) in [4.78, 5) is 12.0. The molecule has 1 amide bonds. The second kappa shape index (κ2) is 6.61. The van der Waals surface area contributed by atoms with Crippen LogP contribution in [0.5, 0.6) is 0 Å². The highest BCUT2D eigenvalue weighted by Crippen LogP contribution is 2.43. The summed E-state index contributed by atoms with van der Waals surface area (Å²) in [5.41, 5.74) is 2.52. The fourth-order valence-corrected chi connectivity index (χ4v) is 3.01. The van der Waals surface area contributed by atoms with Crippen LogP contribution in [0.2, 0.25) is 0 Å². The van der Waals surface area contributed by atoms with Gasteiger partial charge < -0.3 is 5.32 Å². The molecule has 112 valence electrons. The van der Waals surface area contributed by atoms with Crippen LogP contribution in [0, 0.1) is 0 Å². The van der Waals surface area contributed by atoms with Gasteiger partial charge in [-0.1, -0.05) is 67.1 Å². The molecule has 0 bridgehead atoms. The lowest BCUT2D eigenvalue weighted by molar-refractivity contribution is -0.116. The lowest BCUT2D eigenvalue weighted by Gasteiger charge is -2.42. The first-order valence-electron chi connectivity index (χ1n) is 7.85. The third kappa shape index (κ3) is 3.28. The molecule has 2 nitrogen and oxygen atoms in total.